The van der Waals surface area contributed by atoms with Crippen molar-refractivity contribution in [2.75, 3.05) is 54.4 Å². The van der Waals surface area contributed by atoms with Crippen molar-refractivity contribution in [3.63, 3.8) is 0 Å². The second-order valence-electron chi connectivity index (χ2n) is 11.8. The summed E-state index contributed by atoms with van der Waals surface area (Å²) in [6, 6.07) is 21.5. The highest BCUT2D eigenvalue weighted by molar-refractivity contribution is 7.10. The van der Waals surface area contributed by atoms with Gasteiger partial charge in [0.15, 0.2) is 0 Å². The molecule has 2 N–H and O–H groups in total. The van der Waals surface area contributed by atoms with Gasteiger partial charge in [-0.05, 0) is 111 Å². The first-order valence-electron chi connectivity index (χ1n) is 15.8. The largest absolute Gasteiger partial charge is 0.485 e. The van der Waals surface area contributed by atoms with E-state index in [0.29, 0.717) is 0 Å². The number of thiophene rings is 2. The summed E-state index contributed by atoms with van der Waals surface area (Å²) in [5.74, 6) is 2.14. The number of fused-ring (bicyclic) bond motifs is 2. The van der Waals surface area contributed by atoms with Gasteiger partial charge in [-0.3, -0.25) is 0 Å². The molecule has 0 bridgehead atoms. The monoisotopic (exact) mass is 632 g/mol. The van der Waals surface area contributed by atoms with Crippen LogP contribution in [0.5, 0.6) is 11.5 Å². The molecule has 8 heteroatoms. The molecule has 44 heavy (non-hydrogen) atoms. The maximum absolute atomic E-state index is 6.45. The molecule has 2 aromatic heterocycles. The Balaban J connectivity index is 0.000000175. The second kappa shape index (κ2) is 16.5. The van der Waals surface area contributed by atoms with Crippen molar-refractivity contribution in [1.82, 2.24) is 20.4 Å². The summed E-state index contributed by atoms with van der Waals surface area (Å²) < 4.78 is 12.9. The Labute approximate surface area is 272 Å². The predicted molar refractivity (Wildman–Crippen MR) is 185 cm³/mol. The summed E-state index contributed by atoms with van der Waals surface area (Å²) in [7, 11) is 8.34. The van der Waals surface area contributed by atoms with Crippen LogP contribution in [-0.2, 0) is 25.9 Å². The quantitative estimate of drug-likeness (QED) is 0.177. The number of hydrogen-bond acceptors (Lipinski definition) is 8. The number of rotatable bonds is 12. The summed E-state index contributed by atoms with van der Waals surface area (Å²) >= 11 is 3.55. The van der Waals surface area contributed by atoms with Crippen molar-refractivity contribution >= 4 is 22.7 Å². The van der Waals surface area contributed by atoms with Gasteiger partial charge in [-0.2, -0.15) is 0 Å². The highest BCUT2D eigenvalue weighted by Gasteiger charge is 2.22. The van der Waals surface area contributed by atoms with Gasteiger partial charge in [0.2, 0.25) is 0 Å². The molecule has 2 atom stereocenters. The molecule has 4 heterocycles. The summed E-state index contributed by atoms with van der Waals surface area (Å²) in [5, 5.41) is 10.7. The Bertz CT molecular complexity index is 1300. The van der Waals surface area contributed by atoms with E-state index in [1.54, 1.807) is 22.7 Å². The van der Waals surface area contributed by atoms with Gasteiger partial charge < -0.3 is 29.9 Å². The van der Waals surface area contributed by atoms with Crippen LogP contribution < -0.4 is 20.1 Å². The lowest BCUT2D eigenvalue weighted by Crippen LogP contribution is -2.27. The Morgan fingerprint density at radius 3 is 1.50 bits per heavy atom. The molecule has 2 aromatic carbocycles. The van der Waals surface area contributed by atoms with E-state index >= 15 is 0 Å². The van der Waals surface area contributed by atoms with Gasteiger partial charge in [-0.25, -0.2) is 0 Å². The molecule has 0 fully saturated rings. The van der Waals surface area contributed by atoms with Crippen molar-refractivity contribution in [3.05, 3.63) is 103 Å². The number of nitrogens with one attached hydrogen (secondary N) is 2. The van der Waals surface area contributed by atoms with Crippen LogP contribution in [0.3, 0.4) is 0 Å². The zero-order chi connectivity index (χ0) is 30.7. The number of likely N-dealkylation sites (N-methyl/N-ethyl adjacent to an activating group) is 2. The molecular formula is C36H48N4O2S2. The highest BCUT2D eigenvalue weighted by atomic mass is 32.1. The van der Waals surface area contributed by atoms with E-state index in [9.17, 15) is 0 Å². The number of nitrogens with zero attached hydrogens (tertiary/aromatic N) is 2. The van der Waals surface area contributed by atoms with Gasteiger partial charge in [0.1, 0.15) is 23.7 Å². The number of ether oxygens (including phenoxy) is 2. The maximum atomic E-state index is 6.45. The Kier molecular flexibility index (Phi) is 12.3. The average molecular weight is 633 g/mol. The van der Waals surface area contributed by atoms with E-state index in [0.717, 1.165) is 76.5 Å². The Morgan fingerprint density at radius 2 is 1.11 bits per heavy atom. The first kappa shape index (κ1) is 32.7. The average Bonchev–Trinajstić information content (AvgIpc) is 3.77. The van der Waals surface area contributed by atoms with Crippen molar-refractivity contribution in [3.8, 4) is 11.5 Å². The van der Waals surface area contributed by atoms with Gasteiger partial charge in [0.25, 0.3) is 0 Å². The SMILES string of the molecule is CNCC[C@@H](Oc1cccc2c1CCN(C)C2)c1cccs1.CNCC[C@H](Oc1cccc2c1CCN(C)C2)c1cccs1. The molecule has 6 rings (SSSR count). The van der Waals surface area contributed by atoms with Gasteiger partial charge >= 0.3 is 0 Å². The minimum absolute atomic E-state index is 0.138. The Morgan fingerprint density at radius 1 is 0.659 bits per heavy atom. The van der Waals surface area contributed by atoms with Crippen molar-refractivity contribution in [1.29, 1.82) is 0 Å². The summed E-state index contributed by atoms with van der Waals surface area (Å²) in [4.78, 5) is 7.34. The van der Waals surface area contributed by atoms with Crippen molar-refractivity contribution in [2.45, 2.75) is 51.0 Å². The van der Waals surface area contributed by atoms with Crippen LogP contribution >= 0.6 is 22.7 Å². The first-order valence-corrected chi connectivity index (χ1v) is 17.6. The van der Waals surface area contributed by atoms with Crippen LogP contribution in [0.1, 0.15) is 57.1 Å². The zero-order valence-electron chi connectivity index (χ0n) is 26.7. The van der Waals surface area contributed by atoms with E-state index < -0.39 is 0 Å². The Hall–Kier alpha value is -2.72. The minimum Gasteiger partial charge on any atom is -0.485 e. The fraction of sp³-hybridized carbons (Fsp3) is 0.444. The molecule has 0 saturated carbocycles. The lowest BCUT2D eigenvalue weighted by atomic mass is 9.99. The third kappa shape index (κ3) is 8.71. The molecule has 2 aliphatic rings. The lowest BCUT2D eigenvalue weighted by molar-refractivity contribution is 0.193. The van der Waals surface area contributed by atoms with Crippen LogP contribution in [0.2, 0.25) is 0 Å². The van der Waals surface area contributed by atoms with Crippen LogP contribution in [0.4, 0.5) is 0 Å². The van der Waals surface area contributed by atoms with Crippen LogP contribution in [-0.4, -0.2) is 64.2 Å². The van der Waals surface area contributed by atoms with E-state index in [1.807, 2.05) is 14.1 Å². The van der Waals surface area contributed by atoms with Gasteiger partial charge in [-0.15, -0.1) is 22.7 Å². The topological polar surface area (TPSA) is 49.0 Å². The third-order valence-corrected chi connectivity index (χ3v) is 10.3. The van der Waals surface area contributed by atoms with Gasteiger partial charge in [0, 0.05) is 48.8 Å². The molecule has 0 aliphatic carbocycles. The molecule has 6 nitrogen and oxygen atoms in total. The molecule has 2 aliphatic heterocycles. The van der Waals surface area contributed by atoms with Crippen LogP contribution in [0.15, 0.2) is 71.4 Å². The van der Waals surface area contributed by atoms with E-state index in [2.05, 4.69) is 106 Å². The first-order chi connectivity index (χ1) is 21.6. The normalized spacial score (nSPS) is 16.3. The number of hydrogen-bond donors (Lipinski definition) is 2. The van der Waals surface area contributed by atoms with Crippen molar-refractivity contribution in [2.24, 2.45) is 0 Å². The molecule has 0 unspecified atom stereocenters. The molecule has 236 valence electrons. The molecule has 0 spiro atoms. The zero-order valence-corrected chi connectivity index (χ0v) is 28.3. The fourth-order valence-corrected chi connectivity index (χ4v) is 7.55. The minimum atomic E-state index is 0.138. The smallest absolute Gasteiger partial charge is 0.134 e. The molecule has 0 saturated heterocycles. The van der Waals surface area contributed by atoms with Gasteiger partial charge in [0.05, 0.1) is 0 Å². The molecular weight excluding hydrogens is 585 g/mol. The van der Waals surface area contributed by atoms with E-state index in [-0.39, 0.29) is 12.2 Å². The van der Waals surface area contributed by atoms with E-state index in [1.165, 1.54) is 32.0 Å². The fourth-order valence-electron chi connectivity index (χ4n) is 5.98. The van der Waals surface area contributed by atoms with Crippen LogP contribution in [0, 0.1) is 0 Å². The summed E-state index contributed by atoms with van der Waals surface area (Å²) in [6.45, 7) is 6.17. The summed E-state index contributed by atoms with van der Waals surface area (Å²) in [5.41, 5.74) is 5.60. The van der Waals surface area contributed by atoms with Crippen LogP contribution in [0.25, 0.3) is 0 Å². The standard InChI is InChI=1S/2C18H24N2OS/c2*1-19-10-8-17(18-7-4-12-22-18)21-16-6-3-5-14-13-20(2)11-9-15(14)16/h2*3-7,12,17,19H,8-11,13H2,1-2H3/t2*17-/m10/s1. The second-order valence-corrected chi connectivity index (χ2v) is 13.8. The molecule has 0 radical (unpaired) electrons. The molecule has 0 amide bonds. The predicted octanol–water partition coefficient (Wildman–Crippen LogP) is 6.93. The van der Waals surface area contributed by atoms with E-state index in [4.69, 9.17) is 9.47 Å². The number of benzene rings is 2. The van der Waals surface area contributed by atoms with Gasteiger partial charge in [-0.1, -0.05) is 36.4 Å². The van der Waals surface area contributed by atoms with Crippen molar-refractivity contribution < 1.29 is 9.47 Å². The lowest BCUT2D eigenvalue weighted by Gasteiger charge is -2.28. The maximum Gasteiger partial charge on any atom is 0.134 e. The summed E-state index contributed by atoms with van der Waals surface area (Å²) in [6.07, 6.45) is 4.40. The molecule has 4 aromatic rings. The highest BCUT2D eigenvalue weighted by Crippen LogP contribution is 2.35. The third-order valence-electron chi connectivity index (χ3n) is 8.40.